The van der Waals surface area contributed by atoms with Crippen LogP contribution in [-0.2, 0) is 28.8 Å². The van der Waals surface area contributed by atoms with E-state index in [1.165, 1.54) is 36.2 Å². The smallest absolute Gasteiger partial charge is 0.151 e. The van der Waals surface area contributed by atoms with Crippen molar-refractivity contribution in [3.63, 3.8) is 0 Å². The zero-order valence-corrected chi connectivity index (χ0v) is 21.1. The Kier molecular flexibility index (Phi) is 8.74. The van der Waals surface area contributed by atoms with Crippen molar-refractivity contribution in [1.82, 2.24) is 9.88 Å². The number of aryl methyl sites for hydroxylation is 3. The van der Waals surface area contributed by atoms with Crippen LogP contribution in [0.4, 0.5) is 0 Å². The molecule has 0 spiro atoms. The Balaban J connectivity index is 1.24. The molecule has 1 aliphatic carbocycles. The van der Waals surface area contributed by atoms with E-state index in [1.807, 2.05) is 38.1 Å². The third-order valence-corrected chi connectivity index (χ3v) is 6.92. The summed E-state index contributed by atoms with van der Waals surface area (Å²) >= 11 is 0. The number of unbranched alkanes of at least 4 members (excludes halogenated alkanes) is 1. The number of carbonyl (C=O) groups excluding carboxylic acids is 1. The van der Waals surface area contributed by atoms with Crippen LogP contribution < -0.4 is 4.74 Å². The molecule has 0 saturated carbocycles. The molecule has 0 bridgehead atoms. The minimum Gasteiger partial charge on any atom is -0.491 e. The summed E-state index contributed by atoms with van der Waals surface area (Å²) in [7, 11) is 0. The van der Waals surface area contributed by atoms with Gasteiger partial charge in [0.15, 0.2) is 5.78 Å². The molecule has 1 aromatic heterocycles. The summed E-state index contributed by atoms with van der Waals surface area (Å²) in [6.07, 6.45) is 9.27. The Labute approximate surface area is 204 Å². The highest BCUT2D eigenvalue weighted by Gasteiger charge is 2.33. The van der Waals surface area contributed by atoms with Gasteiger partial charge in [0.2, 0.25) is 0 Å². The quantitative estimate of drug-likeness (QED) is 0.412. The summed E-state index contributed by atoms with van der Waals surface area (Å²) in [6.45, 7) is 8.12. The Bertz CT molecular complexity index is 958. The number of carbonyl (C=O) groups is 1. The minimum atomic E-state index is -0.279. The zero-order valence-electron chi connectivity index (χ0n) is 21.1. The van der Waals surface area contributed by atoms with Crippen molar-refractivity contribution in [2.45, 2.75) is 90.4 Å². The molecule has 2 aromatic rings. The maximum atomic E-state index is 12.7. The normalized spacial score (nSPS) is 19.2. The van der Waals surface area contributed by atoms with Gasteiger partial charge in [-0.3, -0.25) is 14.7 Å². The molecular formula is C29H40N2O3. The largest absolute Gasteiger partial charge is 0.491 e. The Morgan fingerprint density at radius 1 is 1.12 bits per heavy atom. The molecule has 2 aliphatic rings. The van der Waals surface area contributed by atoms with E-state index in [1.54, 1.807) is 6.92 Å². The second-order valence-corrected chi connectivity index (χ2v) is 10.1. The molecule has 4 rings (SSSR count). The molecule has 1 aliphatic heterocycles. The van der Waals surface area contributed by atoms with E-state index in [2.05, 4.69) is 17.0 Å². The van der Waals surface area contributed by atoms with Gasteiger partial charge in [0.25, 0.3) is 0 Å². The maximum absolute atomic E-state index is 12.7. The molecule has 2 atom stereocenters. The predicted molar refractivity (Wildman–Crippen MR) is 135 cm³/mol. The van der Waals surface area contributed by atoms with Crippen LogP contribution >= 0.6 is 0 Å². The van der Waals surface area contributed by atoms with E-state index >= 15 is 0 Å². The number of rotatable bonds is 11. The molecule has 184 valence electrons. The van der Waals surface area contributed by atoms with Crippen LogP contribution in [-0.4, -0.2) is 47.6 Å². The molecule has 34 heavy (non-hydrogen) atoms. The molecule has 1 saturated heterocycles. The van der Waals surface area contributed by atoms with Gasteiger partial charge in [-0.05, 0) is 89.8 Å². The summed E-state index contributed by atoms with van der Waals surface area (Å²) < 4.78 is 12.2. The molecular weight excluding hydrogens is 424 g/mol. The second-order valence-electron chi connectivity index (χ2n) is 10.1. The number of hydrogen-bond donors (Lipinski definition) is 0. The highest BCUT2D eigenvalue weighted by atomic mass is 16.5. The van der Waals surface area contributed by atoms with Gasteiger partial charge >= 0.3 is 0 Å². The van der Waals surface area contributed by atoms with Crippen molar-refractivity contribution in [1.29, 1.82) is 0 Å². The topological polar surface area (TPSA) is 51.7 Å². The fourth-order valence-corrected chi connectivity index (χ4v) is 5.29. The number of likely N-dealkylation sites (tertiary alicyclic amines) is 1. The van der Waals surface area contributed by atoms with Crippen LogP contribution in [0.5, 0.6) is 5.75 Å². The summed E-state index contributed by atoms with van der Waals surface area (Å²) in [4.78, 5) is 19.8. The van der Waals surface area contributed by atoms with Crippen LogP contribution in [0.2, 0.25) is 0 Å². The number of aromatic nitrogens is 1. The number of fused-ring (bicyclic) bond motifs is 1. The third-order valence-electron chi connectivity index (χ3n) is 6.92. The van der Waals surface area contributed by atoms with E-state index < -0.39 is 0 Å². The molecule has 2 heterocycles. The van der Waals surface area contributed by atoms with Gasteiger partial charge < -0.3 is 9.47 Å². The van der Waals surface area contributed by atoms with Crippen molar-refractivity contribution in [2.24, 2.45) is 0 Å². The first-order chi connectivity index (χ1) is 16.5. The van der Waals surface area contributed by atoms with Crippen molar-refractivity contribution in [3.05, 3.63) is 58.9 Å². The van der Waals surface area contributed by atoms with E-state index in [0.717, 1.165) is 63.1 Å². The number of ether oxygens (including phenoxy) is 2. The van der Waals surface area contributed by atoms with E-state index in [9.17, 15) is 4.79 Å². The Morgan fingerprint density at radius 2 is 1.94 bits per heavy atom. The molecule has 5 nitrogen and oxygen atoms in total. The monoisotopic (exact) mass is 464 g/mol. The van der Waals surface area contributed by atoms with Crippen LogP contribution in [0.25, 0.3) is 0 Å². The highest BCUT2D eigenvalue weighted by molar-refractivity contribution is 5.83. The first-order valence-electron chi connectivity index (χ1n) is 13.1. The van der Waals surface area contributed by atoms with Crippen LogP contribution in [0, 0.1) is 0 Å². The molecule has 0 amide bonds. The molecule has 5 heteroatoms. The SMILES string of the molecule is CC(=O)[C@H](c1ccccc1OC(C)C)N1CC[C@@H](OCCCCc2ccc3c(n2)CCCC3)C1. The van der Waals surface area contributed by atoms with Gasteiger partial charge in [0.05, 0.1) is 18.2 Å². The van der Waals surface area contributed by atoms with E-state index in [-0.39, 0.29) is 24.0 Å². The molecule has 1 fully saturated rings. The summed E-state index contributed by atoms with van der Waals surface area (Å²) in [5.74, 6) is 0.955. The van der Waals surface area contributed by atoms with Gasteiger partial charge in [0, 0.05) is 36.6 Å². The van der Waals surface area contributed by atoms with Crippen molar-refractivity contribution >= 4 is 5.78 Å². The average molecular weight is 465 g/mol. The standard InChI is InChI=1S/C29H40N2O3/c1-21(2)34-28-14-7-5-12-26(28)29(22(3)32)31-18-17-25(20-31)33-19-9-8-11-24-16-15-23-10-4-6-13-27(23)30-24/h5,7,12,14-16,21,25,29H,4,6,8-11,13,17-20H2,1-3H3/t25-,29-/m1/s1. The van der Waals surface area contributed by atoms with Gasteiger partial charge in [-0.15, -0.1) is 0 Å². The Morgan fingerprint density at radius 3 is 2.76 bits per heavy atom. The number of hydrogen-bond acceptors (Lipinski definition) is 5. The van der Waals surface area contributed by atoms with Gasteiger partial charge in [-0.1, -0.05) is 24.3 Å². The zero-order chi connectivity index (χ0) is 23.9. The lowest BCUT2D eigenvalue weighted by Crippen LogP contribution is -2.33. The molecule has 0 N–H and O–H groups in total. The highest BCUT2D eigenvalue weighted by Crippen LogP contribution is 2.33. The van der Waals surface area contributed by atoms with E-state index in [0.29, 0.717) is 0 Å². The number of nitrogens with zero attached hydrogens (tertiary/aromatic N) is 2. The number of Topliss-reactive ketones (excluding diaryl/α,β-unsaturated/α-hetero) is 1. The van der Waals surface area contributed by atoms with Crippen LogP contribution in [0.3, 0.4) is 0 Å². The van der Waals surface area contributed by atoms with Crippen LogP contribution in [0.1, 0.15) is 81.4 Å². The lowest BCUT2D eigenvalue weighted by molar-refractivity contribution is -0.122. The minimum absolute atomic E-state index is 0.0694. The summed E-state index contributed by atoms with van der Waals surface area (Å²) in [5.41, 5.74) is 4.96. The fourth-order valence-electron chi connectivity index (χ4n) is 5.29. The predicted octanol–water partition coefficient (Wildman–Crippen LogP) is 5.49. The number of pyridine rings is 1. The average Bonchev–Trinajstić information content (AvgIpc) is 3.27. The molecule has 1 aromatic carbocycles. The number of benzene rings is 1. The molecule has 0 unspecified atom stereocenters. The second kappa shape index (κ2) is 11.9. The fraction of sp³-hybridized carbons (Fsp3) is 0.586. The van der Waals surface area contributed by atoms with Gasteiger partial charge in [-0.25, -0.2) is 0 Å². The van der Waals surface area contributed by atoms with Gasteiger partial charge in [0.1, 0.15) is 5.75 Å². The summed E-state index contributed by atoms with van der Waals surface area (Å²) in [5, 5.41) is 0. The lowest BCUT2D eigenvalue weighted by atomic mass is 9.95. The third kappa shape index (κ3) is 6.45. The number of para-hydroxylation sites is 1. The first-order valence-corrected chi connectivity index (χ1v) is 13.1. The van der Waals surface area contributed by atoms with E-state index in [4.69, 9.17) is 14.5 Å². The summed E-state index contributed by atoms with van der Waals surface area (Å²) in [6, 6.07) is 12.2. The first kappa shape index (κ1) is 24.9. The molecule has 0 radical (unpaired) electrons. The van der Waals surface area contributed by atoms with Crippen molar-refractivity contribution < 1.29 is 14.3 Å². The maximum Gasteiger partial charge on any atom is 0.151 e. The lowest BCUT2D eigenvalue weighted by Gasteiger charge is -2.28. The van der Waals surface area contributed by atoms with Crippen molar-refractivity contribution in [2.75, 3.05) is 19.7 Å². The Hall–Kier alpha value is -2.24. The number of ketones is 1. The van der Waals surface area contributed by atoms with Gasteiger partial charge in [-0.2, -0.15) is 0 Å². The van der Waals surface area contributed by atoms with Crippen LogP contribution in [0.15, 0.2) is 36.4 Å². The van der Waals surface area contributed by atoms with Crippen molar-refractivity contribution in [3.8, 4) is 5.75 Å².